The molecule has 0 atom stereocenters. The fourth-order valence-electron chi connectivity index (χ4n) is 1.57. The van der Waals surface area contributed by atoms with E-state index in [1.807, 2.05) is 0 Å². The molecule has 0 spiro atoms. The zero-order valence-electron chi connectivity index (χ0n) is 11.1. The molecule has 0 bridgehead atoms. The summed E-state index contributed by atoms with van der Waals surface area (Å²) in [4.78, 5) is 25.0. The quantitative estimate of drug-likeness (QED) is 0.734. The normalized spacial score (nSPS) is 17.7. The van der Waals surface area contributed by atoms with Gasteiger partial charge in [-0.25, -0.2) is 4.79 Å². The van der Waals surface area contributed by atoms with Crippen molar-refractivity contribution in [2.75, 3.05) is 26.2 Å². The average Bonchev–Trinajstić information content (AvgIpc) is 2.16. The van der Waals surface area contributed by atoms with Crippen molar-refractivity contribution in [2.24, 2.45) is 0 Å². The molecule has 0 N–H and O–H groups in total. The number of amides is 2. The molecule has 0 aromatic rings. The molecule has 1 rings (SSSR count). The van der Waals surface area contributed by atoms with Crippen LogP contribution >= 0.6 is 0 Å². The first kappa shape index (κ1) is 15.6. The number of ether oxygens (including phenoxy) is 1. The minimum Gasteiger partial charge on any atom is -0.444 e. The van der Waals surface area contributed by atoms with E-state index in [9.17, 15) is 22.8 Å². The van der Waals surface area contributed by atoms with E-state index in [0.29, 0.717) is 4.90 Å². The van der Waals surface area contributed by atoms with Crippen LogP contribution in [0.15, 0.2) is 0 Å². The van der Waals surface area contributed by atoms with Crippen molar-refractivity contribution in [1.82, 2.24) is 9.80 Å². The summed E-state index contributed by atoms with van der Waals surface area (Å²) in [6.07, 6.45) is -5.11. The lowest BCUT2D eigenvalue weighted by Crippen LogP contribution is -2.55. The van der Waals surface area contributed by atoms with Crippen LogP contribution in [-0.4, -0.2) is 59.8 Å². The summed E-state index contributed by atoms with van der Waals surface area (Å²) in [5.41, 5.74) is -0.705. The highest BCUT2D eigenvalue weighted by atomic mass is 19.4. The van der Waals surface area contributed by atoms with Crippen molar-refractivity contribution in [3.63, 3.8) is 0 Å². The zero-order chi connectivity index (χ0) is 14.8. The number of nitrogens with zero attached hydrogens (tertiary/aromatic N) is 2. The first-order valence-electron chi connectivity index (χ1n) is 5.80. The first-order valence-corrected chi connectivity index (χ1v) is 5.80. The van der Waals surface area contributed by atoms with Crippen LogP contribution in [0.4, 0.5) is 18.0 Å². The first-order chi connectivity index (χ1) is 8.48. The van der Waals surface area contributed by atoms with Crippen molar-refractivity contribution in [2.45, 2.75) is 32.5 Å². The third-order valence-electron chi connectivity index (χ3n) is 2.34. The second-order valence-electron chi connectivity index (χ2n) is 5.33. The highest BCUT2D eigenvalue weighted by Gasteiger charge is 2.37. The molecule has 1 aliphatic rings. The summed E-state index contributed by atoms with van der Waals surface area (Å²) >= 11 is 0. The summed E-state index contributed by atoms with van der Waals surface area (Å²) in [7, 11) is 0. The Morgan fingerprint density at radius 1 is 1.26 bits per heavy atom. The summed E-state index contributed by atoms with van der Waals surface area (Å²) in [5, 5.41) is 0. The molecule has 0 radical (unpaired) electrons. The summed E-state index contributed by atoms with van der Waals surface area (Å²) in [6, 6.07) is 0. The van der Waals surface area contributed by atoms with Gasteiger partial charge < -0.3 is 9.64 Å². The topological polar surface area (TPSA) is 49.9 Å². The monoisotopic (exact) mass is 282 g/mol. The van der Waals surface area contributed by atoms with Gasteiger partial charge in [0.05, 0.1) is 0 Å². The van der Waals surface area contributed by atoms with Gasteiger partial charge in [-0.05, 0) is 20.8 Å². The molecule has 2 amide bonds. The maximum atomic E-state index is 12.2. The van der Waals surface area contributed by atoms with Gasteiger partial charge in [-0.2, -0.15) is 13.2 Å². The van der Waals surface area contributed by atoms with Crippen LogP contribution in [0.2, 0.25) is 0 Å². The molecule has 0 saturated carbocycles. The molecule has 1 aliphatic heterocycles. The minimum atomic E-state index is -4.43. The van der Waals surface area contributed by atoms with E-state index in [0.717, 1.165) is 4.90 Å². The number of alkyl halides is 3. The molecule has 1 heterocycles. The fourth-order valence-corrected chi connectivity index (χ4v) is 1.57. The van der Waals surface area contributed by atoms with Gasteiger partial charge in [0.2, 0.25) is 5.91 Å². The van der Waals surface area contributed by atoms with Crippen molar-refractivity contribution < 1.29 is 27.5 Å². The Labute approximate surface area is 109 Å². The van der Waals surface area contributed by atoms with E-state index in [4.69, 9.17) is 4.74 Å². The van der Waals surface area contributed by atoms with Crippen LogP contribution in [-0.2, 0) is 9.53 Å². The van der Waals surface area contributed by atoms with Crippen LogP contribution in [0.5, 0.6) is 0 Å². The molecule has 110 valence electrons. The van der Waals surface area contributed by atoms with E-state index in [-0.39, 0.29) is 19.6 Å². The second-order valence-corrected chi connectivity index (χ2v) is 5.33. The average molecular weight is 282 g/mol. The zero-order valence-corrected chi connectivity index (χ0v) is 11.1. The fraction of sp³-hybridized carbons (Fsp3) is 0.818. The number of piperazine rings is 1. The van der Waals surface area contributed by atoms with Crippen LogP contribution < -0.4 is 0 Å². The van der Waals surface area contributed by atoms with E-state index >= 15 is 0 Å². The van der Waals surface area contributed by atoms with E-state index < -0.39 is 30.3 Å². The van der Waals surface area contributed by atoms with Gasteiger partial charge in [0.1, 0.15) is 18.7 Å². The molecular formula is C11H17F3N2O3. The maximum Gasteiger partial charge on any atom is 0.410 e. The number of halogens is 3. The predicted octanol–water partition coefficient (Wildman–Crippen LogP) is 1.63. The highest BCUT2D eigenvalue weighted by Crippen LogP contribution is 2.19. The number of hydrogen-bond acceptors (Lipinski definition) is 3. The lowest BCUT2D eigenvalue weighted by Gasteiger charge is -2.35. The Bertz CT molecular complexity index is 363. The Morgan fingerprint density at radius 2 is 1.84 bits per heavy atom. The molecule has 1 fully saturated rings. The minimum absolute atomic E-state index is 0.0384. The van der Waals surface area contributed by atoms with Gasteiger partial charge in [0, 0.05) is 13.1 Å². The summed E-state index contributed by atoms with van der Waals surface area (Å²) in [5.74, 6) is -0.727. The van der Waals surface area contributed by atoms with Gasteiger partial charge in [-0.1, -0.05) is 0 Å². The van der Waals surface area contributed by atoms with E-state index in [2.05, 4.69) is 0 Å². The van der Waals surface area contributed by atoms with Crippen LogP contribution in [0.1, 0.15) is 20.8 Å². The number of carbonyl (C=O) groups is 2. The molecule has 0 aliphatic carbocycles. The van der Waals surface area contributed by atoms with E-state index in [1.165, 1.54) is 0 Å². The lowest BCUT2D eigenvalue weighted by molar-refractivity contribution is -0.165. The Balaban J connectivity index is 2.54. The highest BCUT2D eigenvalue weighted by molar-refractivity contribution is 5.83. The number of rotatable bonds is 1. The molecule has 0 aromatic carbocycles. The third kappa shape index (κ3) is 5.35. The number of carbonyl (C=O) groups excluding carboxylic acids is 2. The molecule has 19 heavy (non-hydrogen) atoms. The lowest BCUT2D eigenvalue weighted by atomic mass is 10.2. The summed E-state index contributed by atoms with van der Waals surface area (Å²) in [6.45, 7) is 3.25. The molecule has 0 aromatic heterocycles. The third-order valence-corrected chi connectivity index (χ3v) is 2.34. The smallest absolute Gasteiger partial charge is 0.410 e. The van der Waals surface area contributed by atoms with Crippen molar-refractivity contribution in [1.29, 1.82) is 0 Å². The van der Waals surface area contributed by atoms with Crippen molar-refractivity contribution in [3.8, 4) is 0 Å². The van der Waals surface area contributed by atoms with E-state index in [1.54, 1.807) is 20.8 Å². The van der Waals surface area contributed by atoms with Crippen molar-refractivity contribution in [3.05, 3.63) is 0 Å². The standard InChI is InChI=1S/C11H17F3N2O3/c1-10(2,3)19-9(18)15-4-5-16(8(17)6-15)7-11(12,13)14/h4-7H2,1-3H3. The van der Waals surface area contributed by atoms with Gasteiger partial charge in [-0.3, -0.25) is 9.69 Å². The van der Waals surface area contributed by atoms with Crippen LogP contribution in [0, 0.1) is 0 Å². The molecule has 1 saturated heterocycles. The van der Waals surface area contributed by atoms with Crippen molar-refractivity contribution >= 4 is 12.0 Å². The van der Waals surface area contributed by atoms with Gasteiger partial charge in [0.25, 0.3) is 0 Å². The van der Waals surface area contributed by atoms with Gasteiger partial charge >= 0.3 is 12.3 Å². The Hall–Kier alpha value is -1.47. The summed E-state index contributed by atoms with van der Waals surface area (Å²) < 4.78 is 41.6. The largest absolute Gasteiger partial charge is 0.444 e. The Kier molecular flexibility index (Phi) is 4.32. The molecule has 8 heteroatoms. The second kappa shape index (κ2) is 5.26. The van der Waals surface area contributed by atoms with Crippen LogP contribution in [0.25, 0.3) is 0 Å². The predicted molar refractivity (Wildman–Crippen MR) is 60.4 cm³/mol. The Morgan fingerprint density at radius 3 is 2.26 bits per heavy atom. The van der Waals surface area contributed by atoms with Gasteiger partial charge in [-0.15, -0.1) is 0 Å². The number of hydrogen-bond donors (Lipinski definition) is 0. The molecular weight excluding hydrogens is 265 g/mol. The SMILES string of the molecule is CC(C)(C)OC(=O)N1CCN(CC(F)(F)F)C(=O)C1. The van der Waals surface area contributed by atoms with Crippen LogP contribution in [0.3, 0.4) is 0 Å². The maximum absolute atomic E-state index is 12.2. The molecule has 5 nitrogen and oxygen atoms in total. The molecule has 0 unspecified atom stereocenters. The van der Waals surface area contributed by atoms with Gasteiger partial charge in [0.15, 0.2) is 0 Å².